The van der Waals surface area contributed by atoms with E-state index in [1.54, 1.807) is 18.3 Å². The third-order valence-corrected chi connectivity index (χ3v) is 3.83. The molecule has 2 rings (SSSR count). The number of carbonyl (C=O) groups excluding carboxylic acids is 1. The number of halogens is 1. The number of carbonyl (C=O) groups is 1. The van der Waals surface area contributed by atoms with Crippen LogP contribution in [0.15, 0.2) is 5.38 Å². The fraction of sp³-hybridized carbons (Fsp3) is 0.636. The van der Waals surface area contributed by atoms with Gasteiger partial charge in [0.15, 0.2) is 0 Å². The lowest BCUT2D eigenvalue weighted by Crippen LogP contribution is -2.35. The smallest absolute Gasteiger partial charge is 0.240 e. The first-order valence-corrected chi connectivity index (χ1v) is 6.78. The molecular formula is C11H15ClN2OS. The van der Waals surface area contributed by atoms with Gasteiger partial charge in [0.05, 0.1) is 16.7 Å². The van der Waals surface area contributed by atoms with Crippen LogP contribution in [0.4, 0.5) is 0 Å². The molecule has 0 N–H and O–H groups in total. The van der Waals surface area contributed by atoms with E-state index in [0.29, 0.717) is 0 Å². The molecule has 0 radical (unpaired) electrons. The van der Waals surface area contributed by atoms with Crippen molar-refractivity contribution in [3.8, 4) is 0 Å². The summed E-state index contributed by atoms with van der Waals surface area (Å²) in [6.45, 7) is 4.52. The Morgan fingerprint density at radius 1 is 1.75 bits per heavy atom. The van der Waals surface area contributed by atoms with Gasteiger partial charge in [-0.25, -0.2) is 4.98 Å². The van der Waals surface area contributed by atoms with Crippen molar-refractivity contribution in [3.05, 3.63) is 16.1 Å². The predicted molar refractivity (Wildman–Crippen MR) is 65.9 cm³/mol. The summed E-state index contributed by atoms with van der Waals surface area (Å²) >= 11 is 7.49. The quantitative estimate of drug-likeness (QED) is 0.765. The van der Waals surface area contributed by atoms with Gasteiger partial charge >= 0.3 is 0 Å². The Balaban J connectivity index is 2.18. The zero-order chi connectivity index (χ0) is 11.7. The third kappa shape index (κ3) is 2.23. The molecule has 3 nitrogen and oxygen atoms in total. The molecule has 1 amide bonds. The fourth-order valence-electron chi connectivity index (χ4n) is 2.10. The topological polar surface area (TPSA) is 33.2 Å². The molecule has 0 saturated carbocycles. The fourth-order valence-corrected chi connectivity index (χ4v) is 2.88. The molecule has 1 aromatic heterocycles. The normalized spacial score (nSPS) is 22.4. The second-order valence-corrected chi connectivity index (χ2v) is 5.81. The lowest BCUT2D eigenvalue weighted by Gasteiger charge is -2.24. The first-order valence-electron chi connectivity index (χ1n) is 5.46. The van der Waals surface area contributed by atoms with Gasteiger partial charge in [-0.05, 0) is 26.7 Å². The molecule has 1 unspecified atom stereocenters. The van der Waals surface area contributed by atoms with Crippen LogP contribution in [0.3, 0.4) is 0 Å². The average Bonchev–Trinajstić information content (AvgIpc) is 2.83. The first-order chi connectivity index (χ1) is 7.59. The standard InChI is InChI=1S/C11H15ClN2OS/c1-7(12)11(15)14-5-3-4-10(14)9-6-16-8(2)13-9/h6-7,10H,3-5H2,1-2H3/t7?,10-/m1/s1. The molecule has 0 bridgehead atoms. The molecule has 5 heteroatoms. The molecule has 0 aromatic carbocycles. The molecular weight excluding hydrogens is 244 g/mol. The van der Waals surface area contributed by atoms with Crippen LogP contribution in [0, 0.1) is 6.92 Å². The third-order valence-electron chi connectivity index (χ3n) is 2.85. The van der Waals surface area contributed by atoms with Crippen LogP contribution in [-0.2, 0) is 4.79 Å². The number of rotatable bonds is 2. The van der Waals surface area contributed by atoms with Crippen molar-refractivity contribution in [1.82, 2.24) is 9.88 Å². The van der Waals surface area contributed by atoms with Gasteiger partial charge in [-0.3, -0.25) is 4.79 Å². The summed E-state index contributed by atoms with van der Waals surface area (Å²) in [6.07, 6.45) is 2.04. The van der Waals surface area contributed by atoms with Crippen molar-refractivity contribution < 1.29 is 4.79 Å². The molecule has 1 saturated heterocycles. The van der Waals surface area contributed by atoms with Crippen LogP contribution >= 0.6 is 22.9 Å². The zero-order valence-corrected chi connectivity index (χ0v) is 11.0. The summed E-state index contributed by atoms with van der Waals surface area (Å²) in [4.78, 5) is 18.2. The largest absolute Gasteiger partial charge is 0.333 e. The minimum Gasteiger partial charge on any atom is -0.333 e. The summed E-state index contributed by atoms with van der Waals surface area (Å²) in [5.41, 5.74) is 1.02. The number of nitrogens with zero attached hydrogens (tertiary/aromatic N) is 2. The van der Waals surface area contributed by atoms with E-state index in [1.807, 2.05) is 17.2 Å². The molecule has 1 aliphatic rings. The van der Waals surface area contributed by atoms with Gasteiger partial charge in [0.25, 0.3) is 0 Å². The highest BCUT2D eigenvalue weighted by atomic mass is 35.5. The summed E-state index contributed by atoms with van der Waals surface area (Å²) in [5, 5.41) is 2.65. The molecule has 2 heterocycles. The number of hydrogen-bond donors (Lipinski definition) is 0. The SMILES string of the molecule is Cc1nc([C@H]2CCCN2C(=O)C(C)Cl)cs1. The summed E-state index contributed by atoms with van der Waals surface area (Å²) in [7, 11) is 0. The number of thiazole rings is 1. The Hall–Kier alpha value is -0.610. The van der Waals surface area contributed by atoms with Crippen molar-refractivity contribution >= 4 is 28.8 Å². The Bertz CT molecular complexity index is 391. The van der Waals surface area contributed by atoms with E-state index in [9.17, 15) is 4.79 Å². The summed E-state index contributed by atoms with van der Waals surface area (Å²) < 4.78 is 0. The number of aromatic nitrogens is 1. The number of aryl methyl sites for hydroxylation is 1. The number of hydrogen-bond acceptors (Lipinski definition) is 3. The maximum Gasteiger partial charge on any atom is 0.240 e. The maximum atomic E-state index is 11.9. The number of likely N-dealkylation sites (tertiary alicyclic amines) is 1. The predicted octanol–water partition coefficient (Wildman–Crippen LogP) is 2.74. The molecule has 88 valence electrons. The Morgan fingerprint density at radius 2 is 2.50 bits per heavy atom. The van der Waals surface area contributed by atoms with E-state index < -0.39 is 5.38 Å². The van der Waals surface area contributed by atoms with Crippen molar-refractivity contribution in [3.63, 3.8) is 0 Å². The number of amides is 1. The van der Waals surface area contributed by atoms with Crippen molar-refractivity contribution in [2.24, 2.45) is 0 Å². The molecule has 1 fully saturated rings. The highest BCUT2D eigenvalue weighted by molar-refractivity contribution is 7.09. The van der Waals surface area contributed by atoms with E-state index >= 15 is 0 Å². The van der Waals surface area contributed by atoms with Crippen molar-refractivity contribution in [1.29, 1.82) is 0 Å². The van der Waals surface area contributed by atoms with Gasteiger partial charge in [-0.1, -0.05) is 0 Å². The van der Waals surface area contributed by atoms with Crippen LogP contribution in [-0.4, -0.2) is 27.7 Å². The van der Waals surface area contributed by atoms with Gasteiger partial charge in [-0.2, -0.15) is 0 Å². The lowest BCUT2D eigenvalue weighted by molar-refractivity contribution is -0.131. The summed E-state index contributed by atoms with van der Waals surface area (Å²) in [5.74, 6) is 0.0230. The Labute approximate surface area is 104 Å². The monoisotopic (exact) mass is 258 g/mol. The zero-order valence-electron chi connectivity index (χ0n) is 9.44. The molecule has 1 aliphatic heterocycles. The van der Waals surface area contributed by atoms with Gasteiger partial charge in [0.2, 0.25) is 5.91 Å². The summed E-state index contributed by atoms with van der Waals surface area (Å²) in [6, 6.07) is 0.138. The molecule has 0 spiro atoms. The molecule has 2 atom stereocenters. The van der Waals surface area contributed by atoms with Gasteiger partial charge < -0.3 is 4.90 Å². The van der Waals surface area contributed by atoms with E-state index in [0.717, 1.165) is 30.1 Å². The van der Waals surface area contributed by atoms with E-state index in [4.69, 9.17) is 11.6 Å². The van der Waals surface area contributed by atoms with Gasteiger partial charge in [-0.15, -0.1) is 22.9 Å². The van der Waals surface area contributed by atoms with Crippen LogP contribution in [0.25, 0.3) is 0 Å². The van der Waals surface area contributed by atoms with E-state index in [-0.39, 0.29) is 11.9 Å². The van der Waals surface area contributed by atoms with Gasteiger partial charge in [0, 0.05) is 11.9 Å². The van der Waals surface area contributed by atoms with E-state index in [1.165, 1.54) is 0 Å². The van der Waals surface area contributed by atoms with E-state index in [2.05, 4.69) is 4.98 Å². The first kappa shape index (κ1) is 11.9. The second kappa shape index (κ2) is 4.72. The number of alkyl halides is 1. The molecule has 16 heavy (non-hydrogen) atoms. The Morgan fingerprint density at radius 3 is 3.06 bits per heavy atom. The lowest BCUT2D eigenvalue weighted by atomic mass is 10.1. The van der Waals surface area contributed by atoms with Crippen molar-refractivity contribution in [2.75, 3.05) is 6.54 Å². The average molecular weight is 259 g/mol. The highest BCUT2D eigenvalue weighted by Crippen LogP contribution is 2.33. The van der Waals surface area contributed by atoms with Crippen LogP contribution in [0.5, 0.6) is 0 Å². The van der Waals surface area contributed by atoms with Crippen LogP contribution in [0.2, 0.25) is 0 Å². The van der Waals surface area contributed by atoms with Crippen molar-refractivity contribution in [2.45, 2.75) is 38.1 Å². The Kier molecular flexibility index (Phi) is 3.50. The minimum absolute atomic E-state index is 0.0230. The maximum absolute atomic E-state index is 11.9. The minimum atomic E-state index is -0.444. The molecule has 0 aliphatic carbocycles. The second-order valence-electron chi connectivity index (χ2n) is 4.10. The van der Waals surface area contributed by atoms with Gasteiger partial charge in [0.1, 0.15) is 5.38 Å². The molecule has 1 aromatic rings. The van der Waals surface area contributed by atoms with Crippen LogP contribution < -0.4 is 0 Å². The highest BCUT2D eigenvalue weighted by Gasteiger charge is 2.32. The van der Waals surface area contributed by atoms with Crippen LogP contribution in [0.1, 0.15) is 36.5 Å².